The molecule has 1 aromatic heterocycles. The predicted molar refractivity (Wildman–Crippen MR) is 123 cm³/mol. The van der Waals surface area contributed by atoms with E-state index in [1.807, 2.05) is 11.0 Å². The summed E-state index contributed by atoms with van der Waals surface area (Å²) >= 11 is 1.61. The molecule has 156 valence electrons. The van der Waals surface area contributed by atoms with Crippen LogP contribution in [-0.4, -0.2) is 30.1 Å². The molecule has 1 atom stereocenters. The SMILES string of the molecule is Cc1cc(C)c2sc(N(C[C@H]3CCCO3)C(=O)c3ccc4c(c3)CCCC4)nc2c1. The number of nitrogens with zero attached hydrogens (tertiary/aromatic N) is 2. The van der Waals surface area contributed by atoms with Crippen molar-refractivity contribution in [2.45, 2.75) is 58.5 Å². The van der Waals surface area contributed by atoms with Gasteiger partial charge in [0.15, 0.2) is 5.13 Å². The fourth-order valence-corrected chi connectivity index (χ4v) is 5.77. The quantitative estimate of drug-likeness (QED) is 0.550. The minimum absolute atomic E-state index is 0.0345. The van der Waals surface area contributed by atoms with E-state index >= 15 is 0 Å². The first kappa shape index (κ1) is 19.7. The molecule has 1 amide bonds. The van der Waals surface area contributed by atoms with Gasteiger partial charge in [-0.3, -0.25) is 9.69 Å². The second kappa shape index (κ2) is 8.12. The van der Waals surface area contributed by atoms with Gasteiger partial charge in [-0.15, -0.1) is 0 Å². The molecule has 0 radical (unpaired) electrons. The lowest BCUT2D eigenvalue weighted by molar-refractivity contribution is 0.0917. The zero-order valence-corrected chi connectivity index (χ0v) is 18.6. The smallest absolute Gasteiger partial charge is 0.260 e. The molecule has 0 bridgehead atoms. The van der Waals surface area contributed by atoms with Crippen LogP contribution in [0.25, 0.3) is 10.2 Å². The topological polar surface area (TPSA) is 42.4 Å². The van der Waals surface area contributed by atoms with E-state index in [2.05, 4.69) is 38.1 Å². The average molecular weight is 421 g/mol. The zero-order valence-electron chi connectivity index (χ0n) is 17.7. The maximum absolute atomic E-state index is 13.7. The van der Waals surface area contributed by atoms with Gasteiger partial charge >= 0.3 is 0 Å². The molecule has 1 saturated heterocycles. The number of hydrogen-bond donors (Lipinski definition) is 0. The van der Waals surface area contributed by atoms with Gasteiger partial charge in [0.2, 0.25) is 0 Å². The third kappa shape index (κ3) is 3.77. The molecule has 1 aliphatic carbocycles. The van der Waals surface area contributed by atoms with Gasteiger partial charge in [-0.05, 0) is 92.8 Å². The molecule has 2 aliphatic rings. The van der Waals surface area contributed by atoms with E-state index < -0.39 is 0 Å². The number of amides is 1. The molecule has 0 saturated carbocycles. The normalized spacial score (nSPS) is 18.5. The Morgan fingerprint density at radius 1 is 1.13 bits per heavy atom. The summed E-state index contributed by atoms with van der Waals surface area (Å²) in [4.78, 5) is 20.4. The Morgan fingerprint density at radius 3 is 2.77 bits per heavy atom. The van der Waals surface area contributed by atoms with E-state index in [0.717, 1.165) is 53.2 Å². The van der Waals surface area contributed by atoms with Gasteiger partial charge < -0.3 is 4.74 Å². The number of benzene rings is 2. The van der Waals surface area contributed by atoms with Gasteiger partial charge in [-0.1, -0.05) is 23.5 Å². The summed E-state index contributed by atoms with van der Waals surface area (Å²) in [6.07, 6.45) is 6.79. The molecule has 1 aliphatic heterocycles. The number of aryl methyl sites for hydroxylation is 4. The van der Waals surface area contributed by atoms with Crippen molar-refractivity contribution in [3.8, 4) is 0 Å². The lowest BCUT2D eigenvalue weighted by Gasteiger charge is -2.24. The lowest BCUT2D eigenvalue weighted by atomic mass is 9.90. The number of hydrogen-bond acceptors (Lipinski definition) is 4. The number of carbonyl (C=O) groups is 1. The van der Waals surface area contributed by atoms with Crippen LogP contribution in [0.2, 0.25) is 0 Å². The molecule has 0 N–H and O–H groups in total. The molecule has 5 rings (SSSR count). The van der Waals surface area contributed by atoms with E-state index in [-0.39, 0.29) is 12.0 Å². The largest absolute Gasteiger partial charge is 0.376 e. The molecule has 2 aromatic carbocycles. The molecule has 4 nitrogen and oxygen atoms in total. The molecule has 0 spiro atoms. The first-order valence-electron chi connectivity index (χ1n) is 11.0. The van der Waals surface area contributed by atoms with Crippen molar-refractivity contribution in [1.29, 1.82) is 0 Å². The first-order chi connectivity index (χ1) is 14.6. The van der Waals surface area contributed by atoms with Crippen LogP contribution in [-0.2, 0) is 17.6 Å². The molecule has 1 fully saturated rings. The van der Waals surface area contributed by atoms with Crippen LogP contribution < -0.4 is 4.90 Å². The summed E-state index contributed by atoms with van der Waals surface area (Å²) in [6.45, 7) is 5.55. The van der Waals surface area contributed by atoms with E-state index in [0.29, 0.717) is 6.54 Å². The lowest BCUT2D eigenvalue weighted by Crippen LogP contribution is -2.37. The summed E-state index contributed by atoms with van der Waals surface area (Å²) in [5, 5.41) is 0.775. The average Bonchev–Trinajstić information content (AvgIpc) is 3.41. The summed E-state index contributed by atoms with van der Waals surface area (Å²) < 4.78 is 7.04. The zero-order chi connectivity index (χ0) is 20.7. The Kier molecular flexibility index (Phi) is 5.34. The fourth-order valence-electron chi connectivity index (χ4n) is 4.74. The highest BCUT2D eigenvalue weighted by atomic mass is 32.1. The monoisotopic (exact) mass is 420 g/mol. The Bertz CT molecular complexity index is 1100. The number of carbonyl (C=O) groups excluding carboxylic acids is 1. The second-order valence-corrected chi connectivity index (χ2v) is 9.65. The summed E-state index contributed by atoms with van der Waals surface area (Å²) in [6, 6.07) is 10.5. The van der Waals surface area contributed by atoms with Crippen molar-refractivity contribution in [3.63, 3.8) is 0 Å². The van der Waals surface area contributed by atoms with Gasteiger partial charge in [0, 0.05) is 12.2 Å². The van der Waals surface area contributed by atoms with Gasteiger partial charge in [-0.2, -0.15) is 0 Å². The minimum atomic E-state index is 0.0345. The first-order valence-corrected chi connectivity index (χ1v) is 11.8. The number of anilines is 1. The van der Waals surface area contributed by atoms with Crippen molar-refractivity contribution < 1.29 is 9.53 Å². The van der Waals surface area contributed by atoms with Gasteiger partial charge in [0.25, 0.3) is 5.91 Å². The Balaban J connectivity index is 1.53. The van der Waals surface area contributed by atoms with Crippen molar-refractivity contribution in [3.05, 3.63) is 58.1 Å². The van der Waals surface area contributed by atoms with Crippen molar-refractivity contribution >= 4 is 32.6 Å². The van der Waals surface area contributed by atoms with Crippen LogP contribution in [0.15, 0.2) is 30.3 Å². The third-order valence-corrected chi connectivity index (χ3v) is 7.52. The molecule has 30 heavy (non-hydrogen) atoms. The Labute approximate surface area is 181 Å². The van der Waals surface area contributed by atoms with Crippen LogP contribution in [0.3, 0.4) is 0 Å². The van der Waals surface area contributed by atoms with Gasteiger partial charge in [0.05, 0.1) is 22.9 Å². The second-order valence-electron chi connectivity index (χ2n) is 8.67. The molecule has 5 heteroatoms. The molecule has 0 unspecified atom stereocenters. The standard InChI is InChI=1S/C25H28N2O2S/c1-16-12-17(2)23-22(13-16)26-25(30-23)27(15-21-8-5-11-29-21)24(28)20-10-9-18-6-3-4-7-19(18)14-20/h9-10,12-14,21H,3-8,11,15H2,1-2H3/t21-/m1/s1. The maximum atomic E-state index is 13.7. The Morgan fingerprint density at radius 2 is 1.97 bits per heavy atom. The number of aromatic nitrogens is 1. The molecular formula is C25H28N2O2S. The molecular weight excluding hydrogens is 392 g/mol. The highest BCUT2D eigenvalue weighted by molar-refractivity contribution is 7.22. The maximum Gasteiger partial charge on any atom is 0.260 e. The highest BCUT2D eigenvalue weighted by Gasteiger charge is 2.28. The highest BCUT2D eigenvalue weighted by Crippen LogP contribution is 2.34. The number of rotatable bonds is 4. The van der Waals surface area contributed by atoms with Crippen molar-refractivity contribution in [2.24, 2.45) is 0 Å². The summed E-state index contributed by atoms with van der Waals surface area (Å²) in [5.41, 5.74) is 6.88. The molecule has 3 aromatic rings. The Hall–Kier alpha value is -2.24. The van der Waals surface area contributed by atoms with Crippen LogP contribution in [0, 0.1) is 13.8 Å². The molecule has 2 heterocycles. The summed E-state index contributed by atoms with van der Waals surface area (Å²) in [7, 11) is 0. The van der Waals surface area contributed by atoms with Crippen molar-refractivity contribution in [2.75, 3.05) is 18.1 Å². The number of thiazole rings is 1. The van der Waals surface area contributed by atoms with Crippen molar-refractivity contribution in [1.82, 2.24) is 4.98 Å². The number of ether oxygens (including phenoxy) is 1. The van der Waals surface area contributed by atoms with E-state index in [9.17, 15) is 4.79 Å². The van der Waals surface area contributed by atoms with Gasteiger partial charge in [0.1, 0.15) is 0 Å². The van der Waals surface area contributed by atoms with E-state index in [1.165, 1.54) is 35.1 Å². The minimum Gasteiger partial charge on any atom is -0.376 e. The van der Waals surface area contributed by atoms with Gasteiger partial charge in [-0.25, -0.2) is 4.98 Å². The summed E-state index contributed by atoms with van der Waals surface area (Å²) in [5.74, 6) is 0.0345. The van der Waals surface area contributed by atoms with Crippen LogP contribution in [0.4, 0.5) is 5.13 Å². The van der Waals surface area contributed by atoms with E-state index in [4.69, 9.17) is 9.72 Å². The predicted octanol–water partition coefficient (Wildman–Crippen LogP) is 5.62. The van der Waals surface area contributed by atoms with E-state index in [1.54, 1.807) is 11.3 Å². The van der Waals surface area contributed by atoms with Crippen LogP contribution in [0.1, 0.15) is 58.3 Å². The number of fused-ring (bicyclic) bond motifs is 2. The van der Waals surface area contributed by atoms with Crippen LogP contribution >= 0.6 is 11.3 Å². The third-order valence-electron chi connectivity index (χ3n) is 6.29. The fraction of sp³-hybridized carbons (Fsp3) is 0.440. The van der Waals surface area contributed by atoms with Crippen LogP contribution in [0.5, 0.6) is 0 Å².